The molecule has 0 heterocycles. The van der Waals surface area contributed by atoms with Crippen molar-refractivity contribution < 1.29 is 13.9 Å². The molecule has 0 aliphatic heterocycles. The molecule has 1 N–H and O–H groups in total. The van der Waals surface area contributed by atoms with Crippen molar-refractivity contribution in [1.29, 1.82) is 0 Å². The molecule has 0 saturated carbocycles. The van der Waals surface area contributed by atoms with Crippen molar-refractivity contribution in [2.24, 2.45) is 0 Å². The van der Waals surface area contributed by atoms with Gasteiger partial charge in [-0.2, -0.15) is 0 Å². The lowest BCUT2D eigenvalue weighted by molar-refractivity contribution is 0.154. The maximum absolute atomic E-state index is 13.8. The molecule has 0 fully saturated rings. The maximum atomic E-state index is 13.8. The Balaban J connectivity index is 3.26. The lowest BCUT2D eigenvalue weighted by atomic mass is 9.79. The lowest BCUT2D eigenvalue weighted by Gasteiger charge is -2.27. The predicted molar refractivity (Wildman–Crippen MR) is 63.4 cm³/mol. The van der Waals surface area contributed by atoms with Crippen LogP contribution in [0.4, 0.5) is 8.78 Å². The van der Waals surface area contributed by atoms with Crippen LogP contribution in [-0.2, 0) is 5.41 Å². The summed E-state index contributed by atoms with van der Waals surface area (Å²) in [6, 6.07) is 2.57. The van der Waals surface area contributed by atoms with Gasteiger partial charge in [-0.1, -0.05) is 13.8 Å². The van der Waals surface area contributed by atoms with Gasteiger partial charge in [0.15, 0.2) is 0 Å². The molecule has 4 heteroatoms. The van der Waals surface area contributed by atoms with Gasteiger partial charge in [0.1, 0.15) is 11.6 Å². The normalized spacial score (nSPS) is 13.9. The van der Waals surface area contributed by atoms with Crippen LogP contribution in [0.25, 0.3) is 0 Å². The number of halogens is 3. The highest BCUT2D eigenvalue weighted by Gasteiger charge is 2.30. The minimum Gasteiger partial charge on any atom is -0.393 e. The summed E-state index contributed by atoms with van der Waals surface area (Å²) in [5, 5.41) is 9.34. The number of benzene rings is 1. The van der Waals surface area contributed by atoms with E-state index >= 15 is 0 Å². The first kappa shape index (κ1) is 13.6. The van der Waals surface area contributed by atoms with Crippen molar-refractivity contribution >= 4 is 15.9 Å². The third-order valence-electron chi connectivity index (χ3n) is 2.53. The molecule has 1 atom stereocenters. The third-order valence-corrected chi connectivity index (χ3v) is 3.14. The second-order valence-electron chi connectivity index (χ2n) is 4.66. The molecule has 1 unspecified atom stereocenters. The van der Waals surface area contributed by atoms with Crippen LogP contribution in [0.3, 0.4) is 0 Å². The first-order valence-electron chi connectivity index (χ1n) is 5.07. The summed E-state index contributed by atoms with van der Waals surface area (Å²) in [7, 11) is 0. The number of aliphatic hydroxyl groups excluding tert-OH is 1. The number of rotatable bonds is 3. The average Bonchev–Trinajstić information content (AvgIpc) is 2.09. The van der Waals surface area contributed by atoms with E-state index in [0.717, 1.165) is 0 Å². The van der Waals surface area contributed by atoms with Crippen molar-refractivity contribution in [3.63, 3.8) is 0 Å². The van der Waals surface area contributed by atoms with Gasteiger partial charge in [0.05, 0.1) is 10.6 Å². The van der Waals surface area contributed by atoms with E-state index in [1.807, 2.05) is 0 Å². The predicted octanol–water partition coefficient (Wildman–Crippen LogP) is 3.78. The van der Waals surface area contributed by atoms with E-state index in [9.17, 15) is 13.9 Å². The summed E-state index contributed by atoms with van der Waals surface area (Å²) < 4.78 is 27.7. The number of hydrogen-bond acceptors (Lipinski definition) is 1. The molecule has 1 aromatic carbocycles. The molecule has 0 amide bonds. The topological polar surface area (TPSA) is 20.2 Å². The van der Waals surface area contributed by atoms with Gasteiger partial charge >= 0.3 is 0 Å². The maximum Gasteiger partial charge on any atom is 0.144 e. The van der Waals surface area contributed by atoms with Crippen molar-refractivity contribution in [1.82, 2.24) is 0 Å². The second-order valence-corrected chi connectivity index (χ2v) is 5.51. The molecular weight excluding hydrogens is 278 g/mol. The van der Waals surface area contributed by atoms with Crippen LogP contribution in [0.15, 0.2) is 16.6 Å². The Labute approximate surface area is 103 Å². The first-order valence-corrected chi connectivity index (χ1v) is 5.87. The van der Waals surface area contributed by atoms with E-state index in [-0.39, 0.29) is 10.0 Å². The van der Waals surface area contributed by atoms with E-state index in [1.165, 1.54) is 12.1 Å². The van der Waals surface area contributed by atoms with Crippen molar-refractivity contribution in [2.45, 2.75) is 38.7 Å². The highest BCUT2D eigenvalue weighted by atomic mass is 79.9. The summed E-state index contributed by atoms with van der Waals surface area (Å²) in [4.78, 5) is 0. The number of hydrogen-bond donors (Lipinski definition) is 1. The molecule has 16 heavy (non-hydrogen) atoms. The molecule has 1 rings (SSSR count). The summed E-state index contributed by atoms with van der Waals surface area (Å²) in [6.07, 6.45) is -0.301. The fourth-order valence-corrected chi connectivity index (χ4v) is 2.32. The minimum absolute atomic E-state index is 0.0165. The van der Waals surface area contributed by atoms with Gasteiger partial charge in [-0.25, -0.2) is 8.78 Å². The fraction of sp³-hybridized carbons (Fsp3) is 0.500. The molecule has 0 aromatic heterocycles. The Kier molecular flexibility index (Phi) is 4.07. The Bertz CT molecular complexity index is 389. The van der Waals surface area contributed by atoms with Gasteiger partial charge in [-0.3, -0.25) is 0 Å². The Morgan fingerprint density at radius 2 is 1.94 bits per heavy atom. The molecule has 0 bridgehead atoms. The van der Waals surface area contributed by atoms with E-state index in [4.69, 9.17) is 0 Å². The molecule has 0 aliphatic rings. The average molecular weight is 293 g/mol. The minimum atomic E-state index is -0.744. The van der Waals surface area contributed by atoms with Crippen LogP contribution in [0.5, 0.6) is 0 Å². The lowest BCUT2D eigenvalue weighted by Crippen LogP contribution is -2.26. The second kappa shape index (κ2) is 4.80. The van der Waals surface area contributed by atoms with Crippen LogP contribution in [0.2, 0.25) is 0 Å². The van der Waals surface area contributed by atoms with Gasteiger partial charge in [0, 0.05) is 5.56 Å². The highest BCUT2D eigenvalue weighted by Crippen LogP contribution is 2.35. The molecule has 0 saturated heterocycles. The van der Waals surface area contributed by atoms with Crippen molar-refractivity contribution in [3.8, 4) is 0 Å². The molecule has 1 aromatic rings. The Hall–Kier alpha value is -0.480. The zero-order valence-corrected chi connectivity index (χ0v) is 11.1. The van der Waals surface area contributed by atoms with E-state index < -0.39 is 23.2 Å². The standard InChI is InChI=1S/C12H15BrF2O/c1-7(16)6-12(2,3)10-9(14)5-4-8(13)11(10)15/h4-5,7,16H,6H2,1-3H3. The quantitative estimate of drug-likeness (QED) is 0.841. The van der Waals surface area contributed by atoms with Crippen LogP contribution >= 0.6 is 15.9 Å². The largest absolute Gasteiger partial charge is 0.393 e. The van der Waals surface area contributed by atoms with Crippen LogP contribution in [0.1, 0.15) is 32.8 Å². The van der Waals surface area contributed by atoms with Crippen LogP contribution in [0, 0.1) is 11.6 Å². The zero-order valence-electron chi connectivity index (χ0n) is 9.52. The van der Waals surface area contributed by atoms with Gasteiger partial charge in [0.25, 0.3) is 0 Å². The van der Waals surface area contributed by atoms with Crippen LogP contribution < -0.4 is 0 Å². The van der Waals surface area contributed by atoms with E-state index in [0.29, 0.717) is 6.42 Å². The van der Waals surface area contributed by atoms with Gasteiger partial charge < -0.3 is 5.11 Å². The molecule has 1 nitrogen and oxygen atoms in total. The summed E-state index contributed by atoms with van der Waals surface area (Å²) in [5.74, 6) is -1.17. The highest BCUT2D eigenvalue weighted by molar-refractivity contribution is 9.10. The molecule has 0 aliphatic carbocycles. The monoisotopic (exact) mass is 292 g/mol. The first-order chi connectivity index (χ1) is 7.25. The summed E-state index contributed by atoms with van der Waals surface area (Å²) in [5.41, 5.74) is -0.727. The molecule has 90 valence electrons. The Morgan fingerprint density at radius 3 is 2.44 bits per heavy atom. The SMILES string of the molecule is CC(O)CC(C)(C)c1c(F)ccc(Br)c1F. The molecule has 0 spiro atoms. The van der Waals surface area contributed by atoms with Gasteiger partial charge in [-0.05, 0) is 46.8 Å². The van der Waals surface area contributed by atoms with Gasteiger partial charge in [-0.15, -0.1) is 0 Å². The Morgan fingerprint density at radius 1 is 1.38 bits per heavy atom. The van der Waals surface area contributed by atoms with E-state index in [2.05, 4.69) is 15.9 Å². The fourth-order valence-electron chi connectivity index (χ4n) is 1.99. The zero-order chi connectivity index (χ0) is 12.5. The third kappa shape index (κ3) is 2.80. The van der Waals surface area contributed by atoms with Crippen LogP contribution in [-0.4, -0.2) is 11.2 Å². The van der Waals surface area contributed by atoms with Crippen molar-refractivity contribution in [3.05, 3.63) is 33.8 Å². The summed E-state index contributed by atoms with van der Waals surface area (Å²) in [6.45, 7) is 5.04. The van der Waals surface area contributed by atoms with Gasteiger partial charge in [0.2, 0.25) is 0 Å². The molecular formula is C12H15BrF2O. The van der Waals surface area contributed by atoms with Crippen molar-refractivity contribution in [2.75, 3.05) is 0 Å². The van der Waals surface area contributed by atoms with E-state index in [1.54, 1.807) is 20.8 Å². The summed E-state index contributed by atoms with van der Waals surface area (Å²) >= 11 is 3.03. The molecule has 0 radical (unpaired) electrons. The smallest absolute Gasteiger partial charge is 0.144 e. The number of aliphatic hydroxyl groups is 1.